The maximum Gasteiger partial charge on any atom is 0.253 e. The zero-order valence-corrected chi connectivity index (χ0v) is 12.7. The molecule has 0 saturated heterocycles. The summed E-state index contributed by atoms with van der Waals surface area (Å²) in [5.74, 6) is 0.870. The van der Waals surface area contributed by atoms with Gasteiger partial charge in [0, 0.05) is 6.04 Å². The number of rotatable bonds is 7. The van der Waals surface area contributed by atoms with Gasteiger partial charge in [0.25, 0.3) is 5.91 Å². The Hall–Kier alpha value is -1.55. The van der Waals surface area contributed by atoms with E-state index in [9.17, 15) is 9.90 Å². The van der Waals surface area contributed by atoms with E-state index in [1.807, 2.05) is 6.92 Å². The average molecular weight is 279 g/mol. The molecule has 0 aliphatic carbocycles. The maximum absolute atomic E-state index is 12.0. The topological polar surface area (TPSA) is 58.6 Å². The monoisotopic (exact) mass is 279 g/mol. The van der Waals surface area contributed by atoms with E-state index in [4.69, 9.17) is 4.74 Å². The Morgan fingerprint density at radius 3 is 2.60 bits per heavy atom. The second kappa shape index (κ2) is 7.90. The van der Waals surface area contributed by atoms with Crippen molar-refractivity contribution in [1.82, 2.24) is 5.32 Å². The van der Waals surface area contributed by atoms with E-state index in [0.29, 0.717) is 17.2 Å². The third kappa shape index (κ3) is 5.21. The second-order valence-electron chi connectivity index (χ2n) is 5.56. The van der Waals surface area contributed by atoms with Crippen LogP contribution in [0.3, 0.4) is 0 Å². The number of aliphatic hydroxyl groups is 1. The van der Waals surface area contributed by atoms with Crippen LogP contribution in [0.4, 0.5) is 0 Å². The molecule has 1 aromatic rings. The summed E-state index contributed by atoms with van der Waals surface area (Å²) in [6.07, 6.45) is 0.803. The largest absolute Gasteiger partial charge is 0.497 e. The standard InChI is InChI=1S/C16H25NO3/c1-11(2)8-9-12(3)17-16(19)15(18)13-6-5-7-14(10-13)20-4/h5-7,10-12,15,18H,8-9H2,1-4H3,(H,17,19). The lowest BCUT2D eigenvalue weighted by Gasteiger charge is -2.18. The fourth-order valence-electron chi connectivity index (χ4n) is 1.94. The molecule has 0 saturated carbocycles. The van der Waals surface area contributed by atoms with Crippen LogP contribution in [0.5, 0.6) is 5.75 Å². The molecule has 0 aliphatic rings. The highest BCUT2D eigenvalue weighted by atomic mass is 16.5. The zero-order valence-electron chi connectivity index (χ0n) is 12.7. The summed E-state index contributed by atoms with van der Waals surface area (Å²) in [7, 11) is 1.56. The number of amides is 1. The molecule has 2 atom stereocenters. The predicted octanol–water partition coefficient (Wildman–Crippen LogP) is 2.67. The highest BCUT2D eigenvalue weighted by Gasteiger charge is 2.19. The molecular weight excluding hydrogens is 254 g/mol. The molecule has 0 spiro atoms. The Labute approximate surface area is 121 Å². The van der Waals surface area contributed by atoms with Crippen molar-refractivity contribution >= 4 is 5.91 Å². The van der Waals surface area contributed by atoms with Crippen LogP contribution in [-0.2, 0) is 4.79 Å². The van der Waals surface area contributed by atoms with Crippen LogP contribution in [0.2, 0.25) is 0 Å². The maximum atomic E-state index is 12.0. The van der Waals surface area contributed by atoms with E-state index >= 15 is 0 Å². The van der Waals surface area contributed by atoms with E-state index in [2.05, 4.69) is 19.2 Å². The van der Waals surface area contributed by atoms with Crippen molar-refractivity contribution < 1.29 is 14.6 Å². The lowest BCUT2D eigenvalue weighted by atomic mass is 10.0. The molecule has 1 amide bonds. The van der Waals surface area contributed by atoms with Crippen molar-refractivity contribution in [2.75, 3.05) is 7.11 Å². The Kier molecular flexibility index (Phi) is 6.52. The lowest BCUT2D eigenvalue weighted by Crippen LogP contribution is -2.36. The van der Waals surface area contributed by atoms with Crippen LogP contribution in [0.1, 0.15) is 45.3 Å². The van der Waals surface area contributed by atoms with Crippen molar-refractivity contribution in [2.45, 2.75) is 45.8 Å². The lowest BCUT2D eigenvalue weighted by molar-refractivity contribution is -0.130. The number of aliphatic hydroxyl groups excluding tert-OH is 1. The SMILES string of the molecule is COc1cccc(C(O)C(=O)NC(C)CCC(C)C)c1. The molecule has 0 heterocycles. The minimum absolute atomic E-state index is 0.0603. The number of carbonyl (C=O) groups excluding carboxylic acids is 1. The Morgan fingerprint density at radius 1 is 1.30 bits per heavy atom. The van der Waals surface area contributed by atoms with Crippen molar-refractivity contribution in [3.8, 4) is 5.75 Å². The number of ether oxygens (including phenoxy) is 1. The summed E-state index contributed by atoms with van der Waals surface area (Å²) in [5, 5.41) is 12.9. The highest BCUT2D eigenvalue weighted by molar-refractivity contribution is 5.82. The summed E-state index contributed by atoms with van der Waals surface area (Å²) in [6.45, 7) is 6.26. The number of carbonyl (C=O) groups is 1. The predicted molar refractivity (Wildman–Crippen MR) is 79.6 cm³/mol. The summed E-state index contributed by atoms with van der Waals surface area (Å²) in [5.41, 5.74) is 0.540. The molecule has 1 rings (SSSR count). The van der Waals surface area contributed by atoms with Crippen LogP contribution in [-0.4, -0.2) is 24.2 Å². The normalized spacial score (nSPS) is 13.9. The molecule has 112 valence electrons. The first-order valence-electron chi connectivity index (χ1n) is 7.06. The molecule has 2 unspecified atom stereocenters. The second-order valence-corrected chi connectivity index (χ2v) is 5.56. The molecule has 0 bridgehead atoms. The molecule has 0 aromatic heterocycles. The van der Waals surface area contributed by atoms with Crippen LogP contribution < -0.4 is 10.1 Å². The number of hydrogen-bond acceptors (Lipinski definition) is 3. The van der Waals surface area contributed by atoms with Crippen LogP contribution in [0, 0.1) is 5.92 Å². The van der Waals surface area contributed by atoms with Gasteiger partial charge in [0.05, 0.1) is 7.11 Å². The smallest absolute Gasteiger partial charge is 0.253 e. The van der Waals surface area contributed by atoms with Gasteiger partial charge in [0.2, 0.25) is 0 Å². The van der Waals surface area contributed by atoms with Crippen LogP contribution >= 0.6 is 0 Å². The van der Waals surface area contributed by atoms with Gasteiger partial charge in [-0.1, -0.05) is 26.0 Å². The fourth-order valence-corrected chi connectivity index (χ4v) is 1.94. The van der Waals surface area contributed by atoms with Gasteiger partial charge in [-0.2, -0.15) is 0 Å². The van der Waals surface area contributed by atoms with E-state index < -0.39 is 6.10 Å². The van der Waals surface area contributed by atoms with Gasteiger partial charge in [-0.05, 0) is 43.4 Å². The fraction of sp³-hybridized carbons (Fsp3) is 0.562. The first-order chi connectivity index (χ1) is 9.43. The molecule has 1 aromatic carbocycles. The Balaban J connectivity index is 2.57. The minimum atomic E-state index is -1.16. The number of nitrogens with one attached hydrogen (secondary N) is 1. The van der Waals surface area contributed by atoms with Gasteiger partial charge in [-0.3, -0.25) is 4.79 Å². The van der Waals surface area contributed by atoms with Crippen molar-refractivity contribution in [3.05, 3.63) is 29.8 Å². The van der Waals surface area contributed by atoms with Gasteiger partial charge >= 0.3 is 0 Å². The van der Waals surface area contributed by atoms with Crippen molar-refractivity contribution in [2.24, 2.45) is 5.92 Å². The van der Waals surface area contributed by atoms with Gasteiger partial charge in [-0.25, -0.2) is 0 Å². The van der Waals surface area contributed by atoms with Crippen molar-refractivity contribution in [3.63, 3.8) is 0 Å². The summed E-state index contributed by atoms with van der Waals surface area (Å²) < 4.78 is 5.09. The third-order valence-electron chi connectivity index (χ3n) is 3.22. The molecule has 0 radical (unpaired) electrons. The van der Waals surface area contributed by atoms with Gasteiger partial charge in [-0.15, -0.1) is 0 Å². The summed E-state index contributed by atoms with van der Waals surface area (Å²) in [6, 6.07) is 6.98. The number of hydrogen-bond donors (Lipinski definition) is 2. The van der Waals surface area contributed by atoms with Gasteiger partial charge < -0.3 is 15.2 Å². The molecule has 2 N–H and O–H groups in total. The van der Waals surface area contributed by atoms with E-state index in [1.165, 1.54) is 0 Å². The third-order valence-corrected chi connectivity index (χ3v) is 3.22. The molecule has 4 heteroatoms. The first-order valence-corrected chi connectivity index (χ1v) is 7.06. The minimum Gasteiger partial charge on any atom is -0.497 e. The molecule has 4 nitrogen and oxygen atoms in total. The number of methoxy groups -OCH3 is 1. The van der Waals surface area contributed by atoms with Crippen LogP contribution in [0.15, 0.2) is 24.3 Å². The van der Waals surface area contributed by atoms with Crippen LogP contribution in [0.25, 0.3) is 0 Å². The average Bonchev–Trinajstić information content (AvgIpc) is 2.44. The summed E-state index contributed by atoms with van der Waals surface area (Å²) >= 11 is 0. The molecule has 0 fully saturated rings. The molecule has 20 heavy (non-hydrogen) atoms. The highest BCUT2D eigenvalue weighted by Crippen LogP contribution is 2.19. The number of benzene rings is 1. The quantitative estimate of drug-likeness (QED) is 0.806. The van der Waals surface area contributed by atoms with Crippen molar-refractivity contribution in [1.29, 1.82) is 0 Å². The van der Waals surface area contributed by atoms with E-state index in [-0.39, 0.29) is 11.9 Å². The molecule has 0 aliphatic heterocycles. The zero-order chi connectivity index (χ0) is 15.1. The Bertz CT molecular complexity index is 431. The summed E-state index contributed by atoms with van der Waals surface area (Å²) in [4.78, 5) is 12.0. The van der Waals surface area contributed by atoms with E-state index in [1.54, 1.807) is 31.4 Å². The van der Waals surface area contributed by atoms with Gasteiger partial charge in [0.1, 0.15) is 5.75 Å². The first kappa shape index (κ1) is 16.5. The Morgan fingerprint density at radius 2 is 2.00 bits per heavy atom. The van der Waals surface area contributed by atoms with E-state index in [0.717, 1.165) is 12.8 Å². The van der Waals surface area contributed by atoms with Gasteiger partial charge in [0.15, 0.2) is 6.10 Å². The molecular formula is C16H25NO3.